The predicted molar refractivity (Wildman–Crippen MR) is 92.0 cm³/mol. The maximum absolute atomic E-state index is 13.6. The summed E-state index contributed by atoms with van der Waals surface area (Å²) in [6.07, 6.45) is 0. The molecule has 2 N–H and O–H groups in total. The Morgan fingerprint density at radius 3 is 2.42 bits per heavy atom. The van der Waals surface area contributed by atoms with Crippen LogP contribution in [-0.2, 0) is 4.79 Å². The lowest BCUT2D eigenvalue weighted by atomic mass is 9.90. The fraction of sp³-hybridized carbons (Fsp3) is 0.111. The molecule has 0 radical (unpaired) electrons. The molecule has 2 aromatic rings. The van der Waals surface area contributed by atoms with Crippen LogP contribution in [-0.4, -0.2) is 10.9 Å². The minimum atomic E-state index is -0.577. The lowest BCUT2D eigenvalue weighted by Gasteiger charge is -2.31. The average molecular weight is 344 g/mol. The molecule has 1 atom stereocenters. The number of thiocarbonyl (C=S) groups is 1. The van der Waals surface area contributed by atoms with E-state index in [4.69, 9.17) is 12.2 Å². The molecule has 0 saturated heterocycles. The summed E-state index contributed by atoms with van der Waals surface area (Å²) in [5.41, 5.74) is 2.14. The molecule has 3 nitrogen and oxygen atoms in total. The van der Waals surface area contributed by atoms with E-state index in [2.05, 4.69) is 10.6 Å². The molecule has 0 aromatic heterocycles. The van der Waals surface area contributed by atoms with Gasteiger partial charge in [0.25, 0.3) is 0 Å². The monoisotopic (exact) mass is 344 g/mol. The van der Waals surface area contributed by atoms with Crippen LogP contribution in [0.3, 0.4) is 0 Å². The Morgan fingerprint density at radius 2 is 1.79 bits per heavy atom. The van der Waals surface area contributed by atoms with Crippen molar-refractivity contribution < 1.29 is 13.6 Å². The molecular formula is C18H14F2N2OS. The lowest BCUT2D eigenvalue weighted by molar-refractivity contribution is -0.113. The second kappa shape index (κ2) is 6.49. The highest BCUT2D eigenvalue weighted by atomic mass is 32.1. The summed E-state index contributed by atoms with van der Waals surface area (Å²) in [7, 11) is 0. The lowest BCUT2D eigenvalue weighted by Crippen LogP contribution is -2.44. The first-order valence-electron chi connectivity index (χ1n) is 7.29. The zero-order valence-electron chi connectivity index (χ0n) is 12.8. The molecule has 0 spiro atoms. The molecule has 0 saturated carbocycles. The molecule has 1 heterocycles. The van der Waals surface area contributed by atoms with Gasteiger partial charge in [-0.2, -0.15) is 0 Å². The van der Waals surface area contributed by atoms with Crippen LogP contribution in [0.5, 0.6) is 0 Å². The highest BCUT2D eigenvalue weighted by Crippen LogP contribution is 2.31. The van der Waals surface area contributed by atoms with Crippen LogP contribution in [0.4, 0.5) is 8.78 Å². The maximum Gasteiger partial charge on any atom is 0.171 e. The number of hydrogen-bond donors (Lipinski definition) is 2. The second-order valence-corrected chi connectivity index (χ2v) is 5.85. The van der Waals surface area contributed by atoms with Crippen LogP contribution < -0.4 is 10.6 Å². The third-order valence-corrected chi connectivity index (χ3v) is 3.99. The van der Waals surface area contributed by atoms with Crippen LogP contribution in [0.25, 0.3) is 5.70 Å². The SMILES string of the molecule is CC(=O)C1=C(c2ccc(F)cc2)NC(=S)N[C@H]1c1cccc(F)c1. The van der Waals surface area contributed by atoms with Gasteiger partial charge in [0.1, 0.15) is 11.6 Å². The summed E-state index contributed by atoms with van der Waals surface area (Å²) < 4.78 is 26.8. The van der Waals surface area contributed by atoms with E-state index >= 15 is 0 Å². The van der Waals surface area contributed by atoms with Crippen LogP contribution >= 0.6 is 12.2 Å². The zero-order valence-corrected chi connectivity index (χ0v) is 13.6. The van der Waals surface area contributed by atoms with E-state index in [-0.39, 0.29) is 11.6 Å². The minimum absolute atomic E-state index is 0.189. The Labute approximate surface area is 143 Å². The number of ketones is 1. The zero-order chi connectivity index (χ0) is 17.3. The first-order chi connectivity index (χ1) is 11.5. The maximum atomic E-state index is 13.6. The summed E-state index contributed by atoms with van der Waals surface area (Å²) in [6.45, 7) is 1.43. The van der Waals surface area contributed by atoms with Gasteiger partial charge in [0, 0.05) is 5.57 Å². The van der Waals surface area contributed by atoms with Crippen molar-refractivity contribution in [3.63, 3.8) is 0 Å². The van der Waals surface area contributed by atoms with Crippen molar-refractivity contribution in [1.82, 2.24) is 10.6 Å². The van der Waals surface area contributed by atoms with Crippen LogP contribution in [0.15, 0.2) is 54.1 Å². The number of halogens is 2. The van der Waals surface area contributed by atoms with Crippen LogP contribution in [0, 0.1) is 11.6 Å². The summed E-state index contributed by atoms with van der Waals surface area (Å²) in [5, 5.41) is 6.28. The molecule has 0 unspecified atom stereocenters. The molecule has 0 bridgehead atoms. The average Bonchev–Trinajstić information content (AvgIpc) is 2.54. The first-order valence-corrected chi connectivity index (χ1v) is 7.70. The number of hydrogen-bond acceptors (Lipinski definition) is 2. The Kier molecular flexibility index (Phi) is 4.40. The number of rotatable bonds is 3. The van der Waals surface area contributed by atoms with Crippen molar-refractivity contribution in [2.24, 2.45) is 0 Å². The quantitative estimate of drug-likeness (QED) is 0.837. The third-order valence-electron chi connectivity index (χ3n) is 3.77. The normalized spacial score (nSPS) is 17.3. The van der Waals surface area contributed by atoms with Gasteiger partial charge in [-0.05, 0) is 66.7 Å². The number of nitrogens with one attached hydrogen (secondary N) is 2. The van der Waals surface area contributed by atoms with Crippen molar-refractivity contribution in [2.75, 3.05) is 0 Å². The Balaban J connectivity index is 2.18. The van der Waals surface area contributed by atoms with Gasteiger partial charge in [0.05, 0.1) is 11.7 Å². The van der Waals surface area contributed by atoms with Gasteiger partial charge >= 0.3 is 0 Å². The summed E-state index contributed by atoms with van der Waals surface area (Å²) >= 11 is 5.22. The highest BCUT2D eigenvalue weighted by Gasteiger charge is 2.30. The van der Waals surface area contributed by atoms with E-state index < -0.39 is 11.9 Å². The number of benzene rings is 2. The standard InChI is InChI=1S/C18H14F2N2OS/c1-10(23)15-16(11-5-7-13(19)8-6-11)21-18(24)22-17(15)12-3-2-4-14(20)9-12/h2-9,17H,1H3,(H2,21,22,24)/t17-/m0/s1. The van der Waals surface area contributed by atoms with Crippen molar-refractivity contribution in [3.05, 3.63) is 76.9 Å². The van der Waals surface area contributed by atoms with E-state index in [9.17, 15) is 13.6 Å². The predicted octanol–water partition coefficient (Wildman–Crippen LogP) is 3.48. The van der Waals surface area contributed by atoms with Gasteiger partial charge in [0.2, 0.25) is 0 Å². The fourth-order valence-corrected chi connectivity index (χ4v) is 2.94. The number of carbonyl (C=O) groups is 1. The smallest absolute Gasteiger partial charge is 0.171 e. The minimum Gasteiger partial charge on any atom is -0.351 e. The van der Waals surface area contributed by atoms with Crippen molar-refractivity contribution >= 4 is 28.8 Å². The molecule has 6 heteroatoms. The van der Waals surface area contributed by atoms with Crippen molar-refractivity contribution in [1.29, 1.82) is 0 Å². The van der Waals surface area contributed by atoms with Gasteiger partial charge in [-0.25, -0.2) is 8.78 Å². The molecule has 1 aliphatic rings. The van der Waals surface area contributed by atoms with Crippen LogP contribution in [0.1, 0.15) is 24.1 Å². The largest absolute Gasteiger partial charge is 0.351 e. The summed E-state index contributed by atoms with van der Waals surface area (Å²) in [5.74, 6) is -0.960. The van der Waals surface area contributed by atoms with E-state index in [1.807, 2.05) is 0 Å². The summed E-state index contributed by atoms with van der Waals surface area (Å²) in [6, 6.07) is 11.2. The molecular weight excluding hydrogens is 330 g/mol. The highest BCUT2D eigenvalue weighted by molar-refractivity contribution is 7.80. The van der Waals surface area contributed by atoms with Crippen molar-refractivity contribution in [3.8, 4) is 0 Å². The summed E-state index contributed by atoms with van der Waals surface area (Å²) in [4.78, 5) is 12.3. The molecule has 1 aliphatic heterocycles. The molecule has 0 aliphatic carbocycles. The van der Waals surface area contributed by atoms with E-state index in [0.29, 0.717) is 27.5 Å². The Bertz CT molecular complexity index is 846. The number of carbonyl (C=O) groups excluding carboxylic acids is 1. The topological polar surface area (TPSA) is 41.1 Å². The third kappa shape index (κ3) is 3.19. The molecule has 122 valence electrons. The van der Waals surface area contributed by atoms with Gasteiger partial charge < -0.3 is 10.6 Å². The van der Waals surface area contributed by atoms with E-state index in [1.54, 1.807) is 24.3 Å². The molecule has 0 amide bonds. The van der Waals surface area contributed by atoms with Crippen LogP contribution in [0.2, 0.25) is 0 Å². The molecule has 3 rings (SSSR count). The van der Waals surface area contributed by atoms with Gasteiger partial charge in [-0.1, -0.05) is 12.1 Å². The Hall–Kier alpha value is -2.60. The Morgan fingerprint density at radius 1 is 1.08 bits per heavy atom. The van der Waals surface area contributed by atoms with Gasteiger partial charge in [-0.15, -0.1) is 0 Å². The second-order valence-electron chi connectivity index (χ2n) is 5.44. The van der Waals surface area contributed by atoms with Crippen molar-refractivity contribution in [2.45, 2.75) is 13.0 Å². The molecule has 24 heavy (non-hydrogen) atoms. The number of Topliss-reactive ketones (excluding diaryl/α,β-unsaturated/α-hetero) is 1. The molecule has 2 aromatic carbocycles. The van der Waals surface area contributed by atoms with E-state index in [1.165, 1.54) is 31.2 Å². The van der Waals surface area contributed by atoms with E-state index in [0.717, 1.165) is 0 Å². The first kappa shape index (κ1) is 16.3. The van der Waals surface area contributed by atoms with Gasteiger partial charge in [0.15, 0.2) is 10.9 Å². The van der Waals surface area contributed by atoms with Gasteiger partial charge in [-0.3, -0.25) is 4.79 Å². The fourth-order valence-electron chi connectivity index (χ4n) is 2.72. The molecule has 0 fully saturated rings.